The van der Waals surface area contributed by atoms with Gasteiger partial charge in [-0.3, -0.25) is 14.5 Å². The summed E-state index contributed by atoms with van der Waals surface area (Å²) in [7, 11) is 0. The van der Waals surface area contributed by atoms with E-state index < -0.39 is 23.6 Å². The summed E-state index contributed by atoms with van der Waals surface area (Å²) < 4.78 is 10.8. The second kappa shape index (κ2) is 16.3. The molecule has 274 valence electrons. The summed E-state index contributed by atoms with van der Waals surface area (Å²) in [6.07, 6.45) is 6.04. The standard InChI is InChI=1S/C37H46N10O5/c1-37(2,3)52-36(50)41-21-24-7-9-27(10-8-24)34(49)47(30-13-11-26(12-14-30)33-42-44-45-43-33)31(32(38)48)20-25-5-4-6-28(19-25)29-22-39-35(40-23-29)46-15-17-51-18-16-46/h4-6,11-14,19,22-24,27,31H,7-10,15-18,20-21H2,1-3H3,(H2,38,48)(H,41,50)(H,42,43,44,45)/t24?,27?,31-/m0/s1. The van der Waals surface area contributed by atoms with Crippen LogP contribution in [-0.2, 0) is 25.5 Å². The molecule has 1 aliphatic heterocycles. The van der Waals surface area contributed by atoms with Crippen LogP contribution < -0.4 is 20.9 Å². The van der Waals surface area contributed by atoms with Crippen molar-refractivity contribution in [3.63, 3.8) is 0 Å². The van der Waals surface area contributed by atoms with Crippen molar-refractivity contribution in [3.8, 4) is 22.5 Å². The number of anilines is 2. The van der Waals surface area contributed by atoms with Crippen molar-refractivity contribution in [1.82, 2.24) is 35.9 Å². The summed E-state index contributed by atoms with van der Waals surface area (Å²) in [5.41, 5.74) is 9.32. The third kappa shape index (κ3) is 9.26. The molecule has 2 fully saturated rings. The number of H-pyrrole nitrogens is 1. The van der Waals surface area contributed by atoms with Crippen molar-refractivity contribution >= 4 is 29.5 Å². The Morgan fingerprint density at radius 2 is 1.71 bits per heavy atom. The van der Waals surface area contributed by atoms with Crippen LogP contribution in [0.15, 0.2) is 60.9 Å². The van der Waals surface area contributed by atoms with E-state index in [2.05, 4.69) is 40.8 Å². The number of aromatic nitrogens is 6. The number of benzene rings is 2. The van der Waals surface area contributed by atoms with Crippen LogP contribution >= 0.6 is 0 Å². The van der Waals surface area contributed by atoms with Gasteiger partial charge in [-0.05, 0) is 93.0 Å². The molecule has 2 aromatic heterocycles. The lowest BCUT2D eigenvalue weighted by Crippen LogP contribution is -2.52. The number of nitrogens with two attached hydrogens (primary N) is 1. The smallest absolute Gasteiger partial charge is 0.407 e. The maximum atomic E-state index is 14.5. The molecule has 1 saturated carbocycles. The number of aromatic amines is 1. The third-order valence-corrected chi connectivity index (χ3v) is 9.38. The number of primary amides is 1. The Bertz CT molecular complexity index is 1800. The molecule has 3 amide bonds. The van der Waals surface area contributed by atoms with E-state index in [0.717, 1.165) is 42.6 Å². The first-order valence-corrected chi connectivity index (χ1v) is 17.7. The van der Waals surface area contributed by atoms with Gasteiger partial charge in [-0.15, -0.1) is 10.2 Å². The second-order valence-electron chi connectivity index (χ2n) is 14.3. The van der Waals surface area contributed by atoms with Crippen molar-refractivity contribution in [3.05, 3.63) is 66.5 Å². The van der Waals surface area contributed by atoms with Crippen LogP contribution in [0, 0.1) is 11.8 Å². The van der Waals surface area contributed by atoms with Gasteiger partial charge >= 0.3 is 6.09 Å². The van der Waals surface area contributed by atoms with Gasteiger partial charge in [0.25, 0.3) is 0 Å². The van der Waals surface area contributed by atoms with Crippen molar-refractivity contribution in [2.45, 2.75) is 64.5 Å². The SMILES string of the molecule is CC(C)(C)OC(=O)NCC1CCC(C(=O)N(c2ccc(-c3nn[nH]n3)cc2)[C@@H](Cc2cccc(-c3cnc(N4CCOCC4)nc3)c2)C(N)=O)CC1. The number of hydrogen-bond acceptors (Lipinski definition) is 11. The highest BCUT2D eigenvalue weighted by atomic mass is 16.6. The topological polar surface area (TPSA) is 194 Å². The van der Waals surface area contributed by atoms with Gasteiger partial charge in [0.05, 0.1) is 13.2 Å². The van der Waals surface area contributed by atoms with Crippen LogP contribution in [0.25, 0.3) is 22.5 Å². The number of nitrogens with one attached hydrogen (secondary N) is 2. The lowest BCUT2D eigenvalue weighted by atomic mass is 9.81. The molecule has 2 aliphatic rings. The van der Waals surface area contributed by atoms with Gasteiger partial charge in [0.15, 0.2) is 0 Å². The minimum atomic E-state index is -0.967. The van der Waals surface area contributed by atoms with Gasteiger partial charge in [0, 0.05) is 61.2 Å². The Morgan fingerprint density at radius 1 is 1.00 bits per heavy atom. The second-order valence-corrected chi connectivity index (χ2v) is 14.3. The molecule has 1 saturated heterocycles. The van der Waals surface area contributed by atoms with Crippen LogP contribution in [0.5, 0.6) is 0 Å². The zero-order chi connectivity index (χ0) is 36.7. The number of rotatable bonds is 11. The lowest BCUT2D eigenvalue weighted by molar-refractivity contribution is -0.127. The molecular weight excluding hydrogens is 664 g/mol. The first-order valence-electron chi connectivity index (χ1n) is 17.7. The number of amides is 3. The van der Waals surface area contributed by atoms with E-state index >= 15 is 0 Å². The van der Waals surface area contributed by atoms with Crippen LogP contribution in [0.1, 0.15) is 52.0 Å². The molecule has 0 unspecified atom stereocenters. The quantitative estimate of drug-likeness (QED) is 0.204. The van der Waals surface area contributed by atoms with E-state index in [1.54, 1.807) is 41.6 Å². The minimum absolute atomic E-state index is 0.169. The predicted octanol–water partition coefficient (Wildman–Crippen LogP) is 3.92. The number of carbonyl (C=O) groups excluding carboxylic acids is 3. The monoisotopic (exact) mass is 710 g/mol. The number of ether oxygens (including phenoxy) is 2. The largest absolute Gasteiger partial charge is 0.444 e. The van der Waals surface area contributed by atoms with Crippen molar-refractivity contribution in [1.29, 1.82) is 0 Å². The fourth-order valence-corrected chi connectivity index (χ4v) is 6.69. The van der Waals surface area contributed by atoms with Gasteiger partial charge in [0.2, 0.25) is 23.6 Å². The molecule has 1 aliphatic carbocycles. The van der Waals surface area contributed by atoms with Crippen LogP contribution in [0.3, 0.4) is 0 Å². The minimum Gasteiger partial charge on any atom is -0.444 e. The Hall–Kier alpha value is -5.44. The molecule has 0 spiro atoms. The van der Waals surface area contributed by atoms with E-state index in [0.29, 0.717) is 55.6 Å². The number of morpholine rings is 1. The molecule has 1 atom stereocenters. The van der Waals surface area contributed by atoms with Crippen LogP contribution in [-0.4, -0.2) is 93.0 Å². The highest BCUT2D eigenvalue weighted by molar-refractivity contribution is 6.01. The molecule has 52 heavy (non-hydrogen) atoms. The maximum Gasteiger partial charge on any atom is 0.407 e. The highest BCUT2D eigenvalue weighted by Crippen LogP contribution is 2.33. The Balaban J connectivity index is 1.20. The molecule has 4 aromatic rings. The zero-order valence-corrected chi connectivity index (χ0v) is 29.8. The van der Waals surface area contributed by atoms with Crippen LogP contribution in [0.4, 0.5) is 16.4 Å². The molecule has 0 bridgehead atoms. The third-order valence-electron chi connectivity index (χ3n) is 9.38. The summed E-state index contributed by atoms with van der Waals surface area (Å²) in [5.74, 6) is 0.163. The Kier molecular flexibility index (Phi) is 11.4. The average molecular weight is 711 g/mol. The summed E-state index contributed by atoms with van der Waals surface area (Å²) >= 11 is 0. The first-order chi connectivity index (χ1) is 25.0. The van der Waals surface area contributed by atoms with Crippen molar-refractivity contribution in [2.24, 2.45) is 17.6 Å². The lowest BCUT2D eigenvalue weighted by Gasteiger charge is -2.36. The molecule has 2 aromatic carbocycles. The predicted molar refractivity (Wildman–Crippen MR) is 194 cm³/mol. The van der Waals surface area contributed by atoms with Gasteiger partial charge in [-0.1, -0.05) is 24.3 Å². The molecular formula is C37H46N10O5. The average Bonchev–Trinajstić information content (AvgIpc) is 3.69. The van der Waals surface area contributed by atoms with E-state index in [-0.39, 0.29) is 24.2 Å². The summed E-state index contributed by atoms with van der Waals surface area (Å²) in [6, 6.07) is 14.0. The molecule has 15 nitrogen and oxygen atoms in total. The number of hydrogen-bond donors (Lipinski definition) is 3. The van der Waals surface area contributed by atoms with Gasteiger partial charge < -0.3 is 25.4 Å². The molecule has 15 heteroatoms. The van der Waals surface area contributed by atoms with Gasteiger partial charge in [-0.25, -0.2) is 14.8 Å². The van der Waals surface area contributed by atoms with E-state index in [1.165, 1.54) is 0 Å². The van der Waals surface area contributed by atoms with Gasteiger partial charge in [-0.2, -0.15) is 5.21 Å². The fraction of sp³-hybridized carbons (Fsp3) is 0.459. The first kappa shape index (κ1) is 36.4. The van der Waals surface area contributed by atoms with E-state index in [4.69, 9.17) is 15.2 Å². The number of tetrazole rings is 1. The summed E-state index contributed by atoms with van der Waals surface area (Å²) in [6.45, 7) is 8.71. The molecule has 0 radical (unpaired) electrons. The molecule has 6 rings (SSSR count). The number of alkyl carbamates (subject to hydrolysis) is 1. The molecule has 3 heterocycles. The van der Waals surface area contributed by atoms with Crippen LogP contribution in [0.2, 0.25) is 0 Å². The van der Waals surface area contributed by atoms with Crippen molar-refractivity contribution in [2.75, 3.05) is 42.6 Å². The number of carbonyl (C=O) groups is 3. The number of nitrogens with zero attached hydrogens (tertiary/aromatic N) is 7. The normalized spacial score (nSPS) is 18.3. The van der Waals surface area contributed by atoms with E-state index in [1.807, 2.05) is 45.0 Å². The van der Waals surface area contributed by atoms with Gasteiger partial charge in [0.1, 0.15) is 11.6 Å². The van der Waals surface area contributed by atoms with E-state index in [9.17, 15) is 14.4 Å². The highest BCUT2D eigenvalue weighted by Gasteiger charge is 2.36. The summed E-state index contributed by atoms with van der Waals surface area (Å²) in [4.78, 5) is 52.9. The fourth-order valence-electron chi connectivity index (χ4n) is 6.69. The van der Waals surface area contributed by atoms with Crippen molar-refractivity contribution < 1.29 is 23.9 Å². The summed E-state index contributed by atoms with van der Waals surface area (Å²) in [5, 5.41) is 17.0. The zero-order valence-electron chi connectivity index (χ0n) is 29.8. The molecule has 4 N–H and O–H groups in total. The Morgan fingerprint density at radius 3 is 2.35 bits per heavy atom. The Labute approximate surface area is 302 Å². The maximum absolute atomic E-state index is 14.5.